The minimum Gasteiger partial charge on any atom is -0.368 e. The third-order valence-electron chi connectivity index (χ3n) is 2.24. The molecule has 0 fully saturated rings. The lowest BCUT2D eigenvalue weighted by Crippen LogP contribution is -2.47. The van der Waals surface area contributed by atoms with E-state index in [1.807, 2.05) is 0 Å². The van der Waals surface area contributed by atoms with Gasteiger partial charge in [0.2, 0.25) is 5.91 Å². The molecule has 1 aliphatic rings. The molecule has 0 aliphatic carbocycles. The number of carbonyl (C=O) groups is 1. The number of primary amides is 1. The Hall–Kier alpha value is -1.63. The molecule has 1 rings (SSSR count). The molecule has 2 N–H and O–H groups in total. The van der Waals surface area contributed by atoms with Crippen molar-refractivity contribution < 1.29 is 13.2 Å². The van der Waals surface area contributed by atoms with Gasteiger partial charge in [0.25, 0.3) is 0 Å². The first kappa shape index (κ1) is 13.4. The van der Waals surface area contributed by atoms with Crippen LogP contribution in [0.1, 0.15) is 6.92 Å². The standard InChI is InChI=1S/C10H15N3O3S/c1-8(3-6-17(2,15)16)13-5-4-12-7-9(13)10(11)14/h3-9H,1-2H3,(H2,11,14)/b6-3+/t8-,9?/m1/s1. The Labute approximate surface area is 100 Å². The summed E-state index contributed by atoms with van der Waals surface area (Å²) in [6.45, 7) is 1.76. The molecule has 0 aromatic rings. The van der Waals surface area contributed by atoms with E-state index in [9.17, 15) is 13.2 Å². The van der Waals surface area contributed by atoms with Crippen molar-refractivity contribution in [3.05, 3.63) is 23.9 Å². The van der Waals surface area contributed by atoms with Gasteiger partial charge in [0.1, 0.15) is 6.04 Å². The molecule has 0 saturated carbocycles. The first-order chi connectivity index (χ1) is 7.81. The van der Waals surface area contributed by atoms with Gasteiger partial charge in [-0.05, 0) is 6.92 Å². The summed E-state index contributed by atoms with van der Waals surface area (Å²) < 4.78 is 22.0. The second-order valence-corrected chi connectivity index (χ2v) is 5.72. The van der Waals surface area contributed by atoms with Crippen LogP contribution in [0, 0.1) is 0 Å². The summed E-state index contributed by atoms with van der Waals surface area (Å²) in [5, 5.41) is 1.11. The lowest BCUT2D eigenvalue weighted by atomic mass is 10.2. The van der Waals surface area contributed by atoms with E-state index >= 15 is 0 Å². The van der Waals surface area contributed by atoms with E-state index in [1.54, 1.807) is 18.0 Å². The van der Waals surface area contributed by atoms with Crippen LogP contribution in [0.4, 0.5) is 0 Å². The van der Waals surface area contributed by atoms with Crippen LogP contribution in [0.25, 0.3) is 0 Å². The van der Waals surface area contributed by atoms with Gasteiger partial charge < -0.3 is 10.6 Å². The number of nitrogens with two attached hydrogens (primary N) is 1. The highest BCUT2D eigenvalue weighted by molar-refractivity contribution is 7.93. The molecule has 0 bridgehead atoms. The smallest absolute Gasteiger partial charge is 0.245 e. The van der Waals surface area contributed by atoms with Crippen LogP contribution in [0.2, 0.25) is 0 Å². The number of carbonyl (C=O) groups excluding carboxylic acids is 1. The van der Waals surface area contributed by atoms with Gasteiger partial charge in [-0.25, -0.2) is 8.42 Å². The highest BCUT2D eigenvalue weighted by Gasteiger charge is 2.24. The molecule has 2 atom stereocenters. The summed E-state index contributed by atoms with van der Waals surface area (Å²) in [5.74, 6) is -0.530. The summed E-state index contributed by atoms with van der Waals surface area (Å²) in [4.78, 5) is 16.7. The van der Waals surface area contributed by atoms with Gasteiger partial charge in [-0.3, -0.25) is 9.79 Å². The summed E-state index contributed by atoms with van der Waals surface area (Å²) in [6, 6.07) is -0.926. The van der Waals surface area contributed by atoms with Crippen molar-refractivity contribution in [3.8, 4) is 0 Å². The zero-order chi connectivity index (χ0) is 13.1. The average molecular weight is 257 g/mol. The van der Waals surface area contributed by atoms with E-state index in [-0.39, 0.29) is 6.04 Å². The second kappa shape index (κ2) is 5.13. The van der Waals surface area contributed by atoms with Gasteiger partial charge in [-0.15, -0.1) is 0 Å². The molecule has 17 heavy (non-hydrogen) atoms. The number of sulfone groups is 1. The van der Waals surface area contributed by atoms with Crippen molar-refractivity contribution in [2.75, 3.05) is 6.26 Å². The predicted octanol–water partition coefficient (Wildman–Crippen LogP) is -0.355. The van der Waals surface area contributed by atoms with E-state index in [0.717, 1.165) is 11.7 Å². The fraction of sp³-hybridized carbons (Fsp3) is 0.400. The third-order valence-corrected chi connectivity index (χ3v) is 2.89. The van der Waals surface area contributed by atoms with Gasteiger partial charge in [0.15, 0.2) is 9.84 Å². The van der Waals surface area contributed by atoms with Crippen LogP contribution in [0.15, 0.2) is 28.9 Å². The Bertz CT molecular complexity index is 479. The van der Waals surface area contributed by atoms with Crippen LogP contribution in [0.3, 0.4) is 0 Å². The molecular weight excluding hydrogens is 242 g/mol. The monoisotopic (exact) mass is 257 g/mol. The van der Waals surface area contributed by atoms with Crippen LogP contribution in [-0.2, 0) is 14.6 Å². The summed E-state index contributed by atoms with van der Waals surface area (Å²) in [6.07, 6.45) is 7.15. The third kappa shape index (κ3) is 4.03. The van der Waals surface area contributed by atoms with Gasteiger partial charge in [0, 0.05) is 36.3 Å². The Kier molecular flexibility index (Phi) is 4.06. The fourth-order valence-corrected chi connectivity index (χ4v) is 1.89. The molecule has 0 radical (unpaired) electrons. The van der Waals surface area contributed by atoms with Gasteiger partial charge in [-0.1, -0.05) is 6.08 Å². The Morgan fingerprint density at radius 2 is 2.24 bits per heavy atom. The molecule has 0 aromatic heterocycles. The fourth-order valence-electron chi connectivity index (χ4n) is 1.38. The molecule has 1 unspecified atom stereocenters. The lowest BCUT2D eigenvalue weighted by Gasteiger charge is -2.31. The number of hydrogen-bond acceptors (Lipinski definition) is 5. The quantitative estimate of drug-likeness (QED) is 0.744. The van der Waals surface area contributed by atoms with E-state index in [0.29, 0.717) is 0 Å². The molecule has 0 spiro atoms. The van der Waals surface area contributed by atoms with Gasteiger partial charge >= 0.3 is 0 Å². The number of hydrogen-bond donors (Lipinski definition) is 1. The van der Waals surface area contributed by atoms with E-state index in [2.05, 4.69) is 4.99 Å². The van der Waals surface area contributed by atoms with Crippen molar-refractivity contribution in [3.63, 3.8) is 0 Å². The second-order valence-electron chi connectivity index (χ2n) is 3.79. The highest BCUT2D eigenvalue weighted by atomic mass is 32.2. The average Bonchev–Trinajstić information content (AvgIpc) is 2.25. The topological polar surface area (TPSA) is 92.8 Å². The molecular formula is C10H15N3O3S. The highest BCUT2D eigenvalue weighted by Crippen LogP contribution is 2.11. The maximum atomic E-state index is 11.2. The van der Waals surface area contributed by atoms with Crippen LogP contribution >= 0.6 is 0 Å². The van der Waals surface area contributed by atoms with Crippen LogP contribution in [-0.4, -0.2) is 43.8 Å². The van der Waals surface area contributed by atoms with Crippen LogP contribution < -0.4 is 5.73 Å². The summed E-state index contributed by atoms with van der Waals surface area (Å²) in [5.41, 5.74) is 5.23. The number of amides is 1. The van der Waals surface area contributed by atoms with Gasteiger partial charge in [-0.2, -0.15) is 0 Å². The number of rotatable bonds is 4. The number of aliphatic imine (C=N–C) groups is 1. The maximum Gasteiger partial charge on any atom is 0.245 e. The summed E-state index contributed by atoms with van der Waals surface area (Å²) >= 11 is 0. The first-order valence-electron chi connectivity index (χ1n) is 4.96. The molecule has 1 amide bonds. The Morgan fingerprint density at radius 1 is 1.59 bits per heavy atom. The van der Waals surface area contributed by atoms with Crippen LogP contribution in [0.5, 0.6) is 0 Å². The van der Waals surface area contributed by atoms with Gasteiger partial charge in [0.05, 0.1) is 0 Å². The maximum absolute atomic E-state index is 11.2. The predicted molar refractivity (Wildman–Crippen MR) is 65.9 cm³/mol. The van der Waals surface area contributed by atoms with Crippen molar-refractivity contribution in [1.82, 2.24) is 4.90 Å². The van der Waals surface area contributed by atoms with E-state index in [4.69, 9.17) is 5.73 Å². The molecule has 0 saturated heterocycles. The largest absolute Gasteiger partial charge is 0.368 e. The van der Waals surface area contributed by atoms with E-state index in [1.165, 1.54) is 18.5 Å². The van der Waals surface area contributed by atoms with Crippen molar-refractivity contribution in [1.29, 1.82) is 0 Å². The minimum absolute atomic E-state index is 0.273. The SMILES string of the molecule is C[C@H](/C=C/S(C)(=O)=O)N1C=CN=CC1C(N)=O. The minimum atomic E-state index is -3.18. The zero-order valence-electron chi connectivity index (χ0n) is 9.65. The van der Waals surface area contributed by atoms with E-state index < -0.39 is 21.8 Å². The lowest BCUT2D eigenvalue weighted by molar-refractivity contribution is -0.120. The normalized spacial score (nSPS) is 22.0. The molecule has 1 heterocycles. The molecule has 94 valence electrons. The van der Waals surface area contributed by atoms with Crippen molar-refractivity contribution in [2.45, 2.75) is 19.0 Å². The Morgan fingerprint density at radius 3 is 2.76 bits per heavy atom. The molecule has 7 heteroatoms. The first-order valence-corrected chi connectivity index (χ1v) is 6.92. The number of nitrogens with zero attached hydrogens (tertiary/aromatic N) is 2. The molecule has 1 aliphatic heterocycles. The zero-order valence-corrected chi connectivity index (χ0v) is 10.5. The molecule has 0 aromatic carbocycles. The summed E-state index contributed by atoms with van der Waals surface area (Å²) in [7, 11) is -3.18. The van der Waals surface area contributed by atoms with Crippen molar-refractivity contribution >= 4 is 22.0 Å². The molecule has 6 nitrogen and oxygen atoms in total. The Balaban J connectivity index is 2.84. The van der Waals surface area contributed by atoms with Crippen molar-refractivity contribution in [2.24, 2.45) is 10.7 Å².